The molecule has 0 bridgehead atoms. The van der Waals surface area contributed by atoms with Crippen molar-refractivity contribution in [2.45, 2.75) is 50.8 Å². The number of hydrazone groups is 1. The maximum absolute atomic E-state index is 11.8. The summed E-state index contributed by atoms with van der Waals surface area (Å²) in [4.78, 5) is 12.0. The zero-order valence-corrected chi connectivity index (χ0v) is 14.8. The van der Waals surface area contributed by atoms with Gasteiger partial charge in [-0.3, -0.25) is 0 Å². The summed E-state index contributed by atoms with van der Waals surface area (Å²) in [5, 5.41) is 15.4. The zero-order chi connectivity index (χ0) is 16.1. The van der Waals surface area contributed by atoms with Crippen molar-refractivity contribution in [2.24, 2.45) is 5.10 Å². The summed E-state index contributed by atoms with van der Waals surface area (Å²) in [5.74, 6) is 0.312. The van der Waals surface area contributed by atoms with Crippen LogP contribution in [0.5, 0.6) is 0 Å². The van der Waals surface area contributed by atoms with Gasteiger partial charge in [0.1, 0.15) is 0 Å². The third-order valence-electron chi connectivity index (χ3n) is 3.39. The molecule has 1 aromatic carbocycles. The van der Waals surface area contributed by atoms with Crippen LogP contribution in [0.15, 0.2) is 35.4 Å². The Morgan fingerprint density at radius 1 is 1.45 bits per heavy atom. The molecule has 3 unspecified atom stereocenters. The molecule has 1 aliphatic heterocycles. The quantitative estimate of drug-likeness (QED) is 0.774. The van der Waals surface area contributed by atoms with E-state index in [1.165, 1.54) is 16.4 Å². The van der Waals surface area contributed by atoms with E-state index in [1.54, 1.807) is 0 Å². The van der Waals surface area contributed by atoms with Gasteiger partial charge in [0.05, 0.1) is 0 Å². The van der Waals surface area contributed by atoms with Crippen LogP contribution in [0.4, 0.5) is 0 Å². The van der Waals surface area contributed by atoms with Gasteiger partial charge in [0.25, 0.3) is 0 Å². The van der Waals surface area contributed by atoms with Crippen molar-refractivity contribution in [3.8, 4) is 0 Å². The van der Waals surface area contributed by atoms with Gasteiger partial charge in [-0.1, -0.05) is 0 Å². The summed E-state index contributed by atoms with van der Waals surface area (Å²) in [6.07, 6.45) is 0.122. The molecule has 120 valence electrons. The molecule has 0 aliphatic carbocycles. The van der Waals surface area contributed by atoms with Gasteiger partial charge in [0.15, 0.2) is 0 Å². The number of aliphatic hydroxyl groups is 1. The van der Waals surface area contributed by atoms with Crippen LogP contribution in [0, 0.1) is 0 Å². The first-order valence-corrected chi connectivity index (χ1v) is 9.29. The van der Waals surface area contributed by atoms with E-state index in [1.807, 2.05) is 25.1 Å². The fourth-order valence-electron chi connectivity index (χ4n) is 2.14. The van der Waals surface area contributed by atoms with Crippen LogP contribution in [-0.2, 0) is 9.53 Å². The Kier molecular flexibility index (Phi) is 6.00. The summed E-state index contributed by atoms with van der Waals surface area (Å²) in [6, 6.07) is 10.2. The molecule has 2 rings (SSSR count). The summed E-state index contributed by atoms with van der Waals surface area (Å²) < 4.78 is 7.11. The van der Waals surface area contributed by atoms with E-state index in [2.05, 4.69) is 24.2 Å². The molecule has 6 heteroatoms. The van der Waals surface area contributed by atoms with Gasteiger partial charge in [-0.05, 0) is 0 Å². The van der Waals surface area contributed by atoms with Gasteiger partial charge >= 0.3 is 137 Å². The minimum absolute atomic E-state index is 0.137. The second-order valence-corrected chi connectivity index (χ2v) is 8.31. The standard InChI is InChI=1S/C16H22N2O3Se/c1-4-13(20)10-15-17-18(12(3)19)16(21-15)11(2)22-14-8-6-5-7-9-14/h5-9,11,13,16,20H,4,10H2,1-3H3. The number of hydrogen-bond acceptors (Lipinski definition) is 4. The van der Waals surface area contributed by atoms with E-state index < -0.39 is 6.10 Å². The van der Waals surface area contributed by atoms with Gasteiger partial charge in [0, 0.05) is 0 Å². The molecule has 0 saturated carbocycles. The Labute approximate surface area is 137 Å². The number of carbonyl (C=O) groups excluding carboxylic acids is 1. The van der Waals surface area contributed by atoms with Crippen LogP contribution in [0.2, 0.25) is 4.82 Å². The van der Waals surface area contributed by atoms with Crippen LogP contribution < -0.4 is 4.46 Å². The van der Waals surface area contributed by atoms with Crippen LogP contribution >= 0.6 is 0 Å². The molecule has 0 spiro atoms. The molecule has 0 aromatic heterocycles. The van der Waals surface area contributed by atoms with Crippen molar-refractivity contribution >= 4 is 31.2 Å². The molecular formula is C16H22N2O3Se. The summed E-state index contributed by atoms with van der Waals surface area (Å²) in [5.41, 5.74) is 0. The van der Waals surface area contributed by atoms with E-state index in [0.717, 1.165) is 0 Å². The topological polar surface area (TPSA) is 62.1 Å². The maximum atomic E-state index is 11.8. The monoisotopic (exact) mass is 370 g/mol. The minimum atomic E-state index is -0.485. The zero-order valence-electron chi connectivity index (χ0n) is 13.1. The predicted molar refractivity (Wildman–Crippen MR) is 87.0 cm³/mol. The van der Waals surface area contributed by atoms with Crippen molar-refractivity contribution in [1.82, 2.24) is 5.01 Å². The number of hydrogen-bond donors (Lipinski definition) is 1. The Balaban J connectivity index is 2.05. The third-order valence-corrected chi connectivity index (χ3v) is 5.80. The van der Waals surface area contributed by atoms with E-state index in [0.29, 0.717) is 18.7 Å². The fourth-order valence-corrected chi connectivity index (χ4v) is 4.30. The van der Waals surface area contributed by atoms with E-state index >= 15 is 0 Å². The molecule has 0 fully saturated rings. The third kappa shape index (κ3) is 4.32. The average Bonchev–Trinajstić information content (AvgIpc) is 2.92. The molecule has 0 saturated heterocycles. The van der Waals surface area contributed by atoms with Gasteiger partial charge in [-0.25, -0.2) is 0 Å². The average molecular weight is 369 g/mol. The second kappa shape index (κ2) is 7.77. The van der Waals surface area contributed by atoms with Crippen molar-refractivity contribution in [3.63, 3.8) is 0 Å². The Morgan fingerprint density at radius 2 is 2.14 bits per heavy atom. The SMILES string of the molecule is CCC(O)CC1=NN(C(C)=O)C(C(C)[Se]c2ccccc2)O1. The molecule has 1 aliphatic rings. The van der Waals surface area contributed by atoms with Gasteiger partial charge in [-0.2, -0.15) is 0 Å². The number of amides is 1. The van der Waals surface area contributed by atoms with E-state index in [9.17, 15) is 9.90 Å². The van der Waals surface area contributed by atoms with Crippen molar-refractivity contribution in [1.29, 1.82) is 0 Å². The second-order valence-electron chi connectivity index (χ2n) is 5.27. The number of nitrogens with zero attached hydrogens (tertiary/aromatic N) is 2. The van der Waals surface area contributed by atoms with Crippen LogP contribution in [0.1, 0.15) is 33.6 Å². The van der Waals surface area contributed by atoms with Crippen molar-refractivity contribution in [2.75, 3.05) is 0 Å². The normalized spacial score (nSPS) is 20.3. The molecular weight excluding hydrogens is 347 g/mol. The molecule has 5 nitrogen and oxygen atoms in total. The molecule has 1 amide bonds. The Morgan fingerprint density at radius 3 is 2.73 bits per heavy atom. The number of aliphatic hydroxyl groups excluding tert-OH is 1. The Bertz CT molecular complexity index is 535. The first-order chi connectivity index (χ1) is 10.5. The van der Waals surface area contributed by atoms with Crippen LogP contribution in [-0.4, -0.2) is 49.2 Å². The van der Waals surface area contributed by atoms with Crippen molar-refractivity contribution < 1.29 is 14.6 Å². The first kappa shape index (κ1) is 17.0. The van der Waals surface area contributed by atoms with Gasteiger partial charge in [0.2, 0.25) is 0 Å². The van der Waals surface area contributed by atoms with Crippen LogP contribution in [0.3, 0.4) is 0 Å². The summed E-state index contributed by atoms with van der Waals surface area (Å²) >= 11 is 0.175. The molecule has 1 heterocycles. The molecule has 3 atom stereocenters. The fraction of sp³-hybridized carbons (Fsp3) is 0.500. The van der Waals surface area contributed by atoms with Crippen LogP contribution in [0.25, 0.3) is 0 Å². The number of rotatable bonds is 6. The number of ether oxygens (including phenoxy) is 1. The molecule has 0 radical (unpaired) electrons. The van der Waals surface area contributed by atoms with Gasteiger partial charge < -0.3 is 0 Å². The molecule has 1 aromatic rings. The van der Waals surface area contributed by atoms with Crippen molar-refractivity contribution in [3.05, 3.63) is 30.3 Å². The van der Waals surface area contributed by atoms with E-state index in [4.69, 9.17) is 4.74 Å². The summed E-state index contributed by atoms with van der Waals surface area (Å²) in [7, 11) is 0. The molecule has 22 heavy (non-hydrogen) atoms. The summed E-state index contributed by atoms with van der Waals surface area (Å²) in [6.45, 7) is 5.46. The van der Waals surface area contributed by atoms with Gasteiger partial charge in [-0.15, -0.1) is 0 Å². The van der Waals surface area contributed by atoms with E-state index in [-0.39, 0.29) is 31.9 Å². The first-order valence-electron chi connectivity index (χ1n) is 7.45. The Hall–Kier alpha value is -1.36. The number of carbonyl (C=O) groups is 1. The number of benzene rings is 1. The predicted octanol–water partition coefficient (Wildman–Crippen LogP) is 1.50. The molecule has 1 N–H and O–H groups in total.